The van der Waals surface area contributed by atoms with Crippen LogP contribution in [0.2, 0.25) is 0 Å². The van der Waals surface area contributed by atoms with Crippen LogP contribution in [-0.4, -0.2) is 49.7 Å². The van der Waals surface area contributed by atoms with Crippen molar-refractivity contribution in [3.8, 4) is 0 Å². The molecule has 0 bridgehead atoms. The van der Waals surface area contributed by atoms with Gasteiger partial charge in [-0.3, -0.25) is 14.5 Å². The number of carboxylic acid groups (broad SMARTS) is 1. The van der Waals surface area contributed by atoms with Crippen LogP contribution in [0.1, 0.15) is 11.1 Å². The molecule has 162 valence electrons. The molecule has 3 aromatic rings. The molecule has 32 heavy (non-hydrogen) atoms. The van der Waals surface area contributed by atoms with Gasteiger partial charge in [0, 0.05) is 23.5 Å². The summed E-state index contributed by atoms with van der Waals surface area (Å²) in [5.41, 5.74) is 2.52. The van der Waals surface area contributed by atoms with Crippen molar-refractivity contribution < 1.29 is 19.5 Å². The largest absolute Gasteiger partial charge is 0.480 e. The summed E-state index contributed by atoms with van der Waals surface area (Å²) in [7, 11) is 0. The normalized spacial score (nSPS) is 16.0. The van der Waals surface area contributed by atoms with Crippen LogP contribution in [0, 0.1) is 0 Å². The van der Waals surface area contributed by atoms with Gasteiger partial charge in [-0.2, -0.15) is 0 Å². The summed E-state index contributed by atoms with van der Waals surface area (Å²) in [6.45, 7) is -0.339. The molecule has 0 saturated carbocycles. The zero-order chi connectivity index (χ0) is 22.7. The van der Waals surface area contributed by atoms with E-state index in [4.69, 9.17) is 12.2 Å². The van der Waals surface area contributed by atoms with E-state index in [-0.39, 0.29) is 23.2 Å². The minimum atomic E-state index is -1.15. The number of H-pyrrole nitrogens is 1. The molecule has 2 amide bonds. The molecule has 7 nitrogen and oxygen atoms in total. The Morgan fingerprint density at radius 1 is 1.16 bits per heavy atom. The number of amides is 2. The van der Waals surface area contributed by atoms with Crippen LogP contribution in [0.5, 0.6) is 0 Å². The minimum Gasteiger partial charge on any atom is -0.480 e. The summed E-state index contributed by atoms with van der Waals surface area (Å²) in [5, 5.41) is 13.0. The molecule has 2 heterocycles. The topological polar surface area (TPSA) is 103 Å². The molecule has 2 aromatic carbocycles. The van der Waals surface area contributed by atoms with Crippen LogP contribution >= 0.6 is 24.0 Å². The van der Waals surface area contributed by atoms with Gasteiger partial charge in [0.2, 0.25) is 5.91 Å². The number of hydrogen-bond donors (Lipinski definition) is 3. The number of carboxylic acids is 1. The van der Waals surface area contributed by atoms with E-state index in [2.05, 4.69) is 10.3 Å². The van der Waals surface area contributed by atoms with E-state index in [1.165, 1.54) is 4.90 Å². The molecule has 9 heteroatoms. The second-order valence-electron chi connectivity index (χ2n) is 7.20. The highest BCUT2D eigenvalue weighted by Gasteiger charge is 2.34. The lowest BCUT2D eigenvalue weighted by atomic mass is 10.0. The maximum absolute atomic E-state index is 12.7. The Balaban J connectivity index is 1.43. The molecule has 3 N–H and O–H groups in total. The van der Waals surface area contributed by atoms with E-state index in [1.807, 2.05) is 54.6 Å². The van der Waals surface area contributed by atoms with Gasteiger partial charge in [0.1, 0.15) is 16.9 Å². The molecule has 1 atom stereocenters. The van der Waals surface area contributed by atoms with Crippen molar-refractivity contribution in [3.63, 3.8) is 0 Å². The third-order valence-electron chi connectivity index (χ3n) is 5.00. The van der Waals surface area contributed by atoms with Crippen LogP contribution < -0.4 is 5.32 Å². The predicted octanol–water partition coefficient (Wildman–Crippen LogP) is 3.18. The quantitative estimate of drug-likeness (QED) is 0.366. The number of nitrogens with zero attached hydrogens (tertiary/aromatic N) is 1. The molecule has 1 aliphatic heterocycles. The molecule has 0 spiro atoms. The average molecular weight is 466 g/mol. The summed E-state index contributed by atoms with van der Waals surface area (Å²) < 4.78 is 0.260. The van der Waals surface area contributed by atoms with Gasteiger partial charge in [0.15, 0.2) is 0 Å². The van der Waals surface area contributed by atoms with E-state index in [0.717, 1.165) is 33.8 Å². The molecular weight excluding hydrogens is 446 g/mol. The number of fused-ring (bicyclic) bond motifs is 1. The van der Waals surface area contributed by atoms with Crippen LogP contribution in [0.25, 0.3) is 17.0 Å². The smallest absolute Gasteiger partial charge is 0.326 e. The minimum absolute atomic E-state index is 0.109. The Labute approximate surface area is 193 Å². The number of thioether (sulfide) groups is 1. The standard InChI is InChI=1S/C23H19N3O4S2/c27-20(13-26-21(28)19(32-23(26)31)10-14-6-2-1-3-7-14)25-18(22(29)30)11-15-12-24-17-9-5-4-8-16(15)17/h1-10,12,18,24H,11,13H2,(H,25,27)(H,29,30). The van der Waals surface area contributed by atoms with Crippen LogP contribution in [0.15, 0.2) is 65.7 Å². The number of thiocarbonyl (C=S) groups is 1. The lowest BCUT2D eigenvalue weighted by molar-refractivity contribution is -0.141. The average Bonchev–Trinajstić information content (AvgIpc) is 3.30. The number of nitrogens with one attached hydrogen (secondary N) is 2. The lowest BCUT2D eigenvalue weighted by Gasteiger charge is -2.18. The maximum Gasteiger partial charge on any atom is 0.326 e. The Kier molecular flexibility index (Phi) is 6.38. The van der Waals surface area contributed by atoms with E-state index >= 15 is 0 Å². The van der Waals surface area contributed by atoms with Crippen molar-refractivity contribution in [2.24, 2.45) is 0 Å². The number of aromatic amines is 1. The van der Waals surface area contributed by atoms with Gasteiger partial charge in [-0.15, -0.1) is 0 Å². The first-order valence-corrected chi connectivity index (χ1v) is 11.0. The predicted molar refractivity (Wildman–Crippen MR) is 128 cm³/mol. The van der Waals surface area contributed by atoms with Gasteiger partial charge in [0.05, 0.1) is 4.91 Å². The second kappa shape index (κ2) is 9.37. The van der Waals surface area contributed by atoms with Gasteiger partial charge in [-0.1, -0.05) is 72.5 Å². The number of hydrogen-bond acceptors (Lipinski definition) is 5. The third kappa shape index (κ3) is 4.74. The Morgan fingerprint density at radius 3 is 2.62 bits per heavy atom. The van der Waals surface area contributed by atoms with Crippen molar-refractivity contribution in [2.75, 3.05) is 6.54 Å². The molecule has 1 aromatic heterocycles. The highest BCUT2D eigenvalue weighted by molar-refractivity contribution is 8.26. The Hall–Kier alpha value is -3.43. The Morgan fingerprint density at radius 2 is 1.88 bits per heavy atom. The van der Waals surface area contributed by atoms with E-state index in [0.29, 0.717) is 4.91 Å². The highest BCUT2D eigenvalue weighted by atomic mass is 32.2. The molecule has 0 aliphatic carbocycles. The van der Waals surface area contributed by atoms with Crippen LogP contribution in [0.3, 0.4) is 0 Å². The van der Waals surface area contributed by atoms with Crippen molar-refractivity contribution in [2.45, 2.75) is 12.5 Å². The van der Waals surface area contributed by atoms with E-state index in [1.54, 1.807) is 12.3 Å². The molecule has 1 fully saturated rings. The number of carbonyl (C=O) groups is 3. The number of carbonyl (C=O) groups excluding carboxylic acids is 2. The fraction of sp³-hybridized carbons (Fsp3) is 0.130. The van der Waals surface area contributed by atoms with Gasteiger partial charge in [-0.05, 0) is 23.3 Å². The van der Waals surface area contributed by atoms with Gasteiger partial charge < -0.3 is 15.4 Å². The molecule has 4 rings (SSSR count). The van der Waals surface area contributed by atoms with Crippen molar-refractivity contribution >= 4 is 63.1 Å². The van der Waals surface area contributed by atoms with Gasteiger partial charge >= 0.3 is 5.97 Å². The van der Waals surface area contributed by atoms with Gasteiger partial charge in [-0.25, -0.2) is 4.79 Å². The van der Waals surface area contributed by atoms with Crippen molar-refractivity contribution in [1.29, 1.82) is 0 Å². The first-order valence-electron chi connectivity index (χ1n) is 9.80. The number of aliphatic carboxylic acids is 1. The first kappa shape index (κ1) is 21.8. The third-order valence-corrected chi connectivity index (χ3v) is 6.38. The fourth-order valence-corrected chi connectivity index (χ4v) is 4.70. The zero-order valence-corrected chi connectivity index (χ0v) is 18.4. The molecule has 1 unspecified atom stereocenters. The SMILES string of the molecule is O=C(CN1C(=O)C(=Cc2ccccc2)SC1=S)NC(Cc1c[nH]c2ccccc12)C(=O)O. The van der Waals surface area contributed by atoms with E-state index < -0.39 is 17.9 Å². The maximum atomic E-state index is 12.7. The first-order chi connectivity index (χ1) is 15.4. The van der Waals surface area contributed by atoms with Crippen LogP contribution in [0.4, 0.5) is 0 Å². The Bertz CT molecular complexity index is 1240. The van der Waals surface area contributed by atoms with Crippen molar-refractivity contribution in [3.05, 3.63) is 76.8 Å². The fourth-order valence-electron chi connectivity index (χ4n) is 3.44. The lowest BCUT2D eigenvalue weighted by Crippen LogP contribution is -2.47. The number of aromatic nitrogens is 1. The summed E-state index contributed by atoms with van der Waals surface area (Å²) in [4.78, 5) is 41.8. The second-order valence-corrected chi connectivity index (χ2v) is 8.88. The number of benzene rings is 2. The van der Waals surface area contributed by atoms with Crippen molar-refractivity contribution in [1.82, 2.24) is 15.2 Å². The molecule has 1 aliphatic rings. The number of para-hydroxylation sites is 1. The van der Waals surface area contributed by atoms with E-state index in [9.17, 15) is 19.5 Å². The summed E-state index contributed by atoms with van der Waals surface area (Å²) in [6.07, 6.45) is 3.56. The highest BCUT2D eigenvalue weighted by Crippen LogP contribution is 2.32. The summed E-state index contributed by atoms with van der Waals surface area (Å²) in [5.74, 6) is -2.12. The molecule has 1 saturated heterocycles. The molecule has 0 radical (unpaired) electrons. The number of rotatable bonds is 7. The van der Waals surface area contributed by atoms with Gasteiger partial charge in [0.25, 0.3) is 5.91 Å². The zero-order valence-electron chi connectivity index (χ0n) is 16.8. The monoisotopic (exact) mass is 465 g/mol. The summed E-state index contributed by atoms with van der Waals surface area (Å²) >= 11 is 6.38. The summed E-state index contributed by atoms with van der Waals surface area (Å²) in [6, 6.07) is 15.7. The molecular formula is C23H19N3O4S2. The van der Waals surface area contributed by atoms with Crippen LogP contribution in [-0.2, 0) is 20.8 Å².